The molecule has 0 atom stereocenters. The molecule has 82 valence electrons. The number of carboxylic acids is 1. The highest BCUT2D eigenvalue weighted by Crippen LogP contribution is 2.19. The van der Waals surface area contributed by atoms with Crippen LogP contribution in [-0.4, -0.2) is 41.0 Å². The topological polar surface area (TPSA) is 66.4 Å². The van der Waals surface area contributed by atoms with Gasteiger partial charge in [-0.25, -0.2) is 4.79 Å². The quantitative estimate of drug-likeness (QED) is 0.696. The van der Waals surface area contributed by atoms with Crippen LogP contribution in [0.25, 0.3) is 0 Å². The SMILES string of the molecule is CCNC(=O)CSCC(F)(F)C(=O)O. The van der Waals surface area contributed by atoms with Crippen molar-refractivity contribution in [3.05, 3.63) is 0 Å². The van der Waals surface area contributed by atoms with E-state index in [9.17, 15) is 18.4 Å². The zero-order valence-corrected chi connectivity index (χ0v) is 8.37. The summed E-state index contributed by atoms with van der Waals surface area (Å²) < 4.78 is 24.9. The van der Waals surface area contributed by atoms with Gasteiger partial charge in [-0.3, -0.25) is 4.79 Å². The zero-order chi connectivity index (χ0) is 11.2. The second-order valence-electron chi connectivity index (χ2n) is 2.46. The number of carbonyl (C=O) groups excluding carboxylic acids is 1. The summed E-state index contributed by atoms with van der Waals surface area (Å²) in [5.74, 6) is -7.35. The van der Waals surface area contributed by atoms with E-state index in [1.807, 2.05) is 0 Å². The van der Waals surface area contributed by atoms with Gasteiger partial charge in [-0.15, -0.1) is 11.8 Å². The first kappa shape index (κ1) is 13.2. The minimum Gasteiger partial charge on any atom is -0.477 e. The van der Waals surface area contributed by atoms with Crippen LogP contribution in [0, 0.1) is 0 Å². The monoisotopic (exact) mass is 227 g/mol. The molecule has 0 spiro atoms. The van der Waals surface area contributed by atoms with Gasteiger partial charge in [0, 0.05) is 6.54 Å². The van der Waals surface area contributed by atoms with Crippen LogP contribution in [0.3, 0.4) is 0 Å². The van der Waals surface area contributed by atoms with Gasteiger partial charge in [0.25, 0.3) is 0 Å². The van der Waals surface area contributed by atoms with E-state index < -0.39 is 17.6 Å². The van der Waals surface area contributed by atoms with Crippen molar-refractivity contribution in [1.29, 1.82) is 0 Å². The fourth-order valence-corrected chi connectivity index (χ4v) is 1.35. The molecule has 0 aromatic heterocycles. The van der Waals surface area contributed by atoms with E-state index in [2.05, 4.69) is 5.32 Å². The number of carbonyl (C=O) groups is 2. The lowest BCUT2D eigenvalue weighted by molar-refractivity contribution is -0.161. The first-order valence-electron chi connectivity index (χ1n) is 3.85. The van der Waals surface area contributed by atoms with Gasteiger partial charge in [-0.2, -0.15) is 8.78 Å². The van der Waals surface area contributed by atoms with Crippen LogP contribution in [0.15, 0.2) is 0 Å². The highest BCUT2D eigenvalue weighted by molar-refractivity contribution is 8.00. The molecular weight excluding hydrogens is 216 g/mol. The smallest absolute Gasteiger partial charge is 0.375 e. The molecule has 0 heterocycles. The second kappa shape index (κ2) is 5.79. The molecule has 1 amide bonds. The maximum Gasteiger partial charge on any atom is 0.375 e. The molecule has 0 unspecified atom stereocenters. The van der Waals surface area contributed by atoms with Gasteiger partial charge in [0.1, 0.15) is 0 Å². The van der Waals surface area contributed by atoms with Crippen LogP contribution in [0.4, 0.5) is 8.78 Å². The first-order valence-corrected chi connectivity index (χ1v) is 5.01. The Kier molecular flexibility index (Phi) is 5.44. The van der Waals surface area contributed by atoms with Gasteiger partial charge in [0.05, 0.1) is 11.5 Å². The molecule has 0 aromatic rings. The summed E-state index contributed by atoms with van der Waals surface area (Å²) in [6.45, 7) is 2.13. The minimum absolute atomic E-state index is 0.156. The highest BCUT2D eigenvalue weighted by Gasteiger charge is 2.38. The number of amides is 1. The number of rotatable bonds is 6. The molecule has 0 aliphatic rings. The summed E-state index contributed by atoms with van der Waals surface area (Å²) in [7, 11) is 0. The Bertz CT molecular complexity index is 223. The Morgan fingerprint density at radius 1 is 1.50 bits per heavy atom. The van der Waals surface area contributed by atoms with Gasteiger partial charge < -0.3 is 10.4 Å². The van der Waals surface area contributed by atoms with Crippen LogP contribution in [0.1, 0.15) is 6.92 Å². The molecule has 0 saturated carbocycles. The minimum atomic E-state index is -3.77. The van der Waals surface area contributed by atoms with Crippen molar-refractivity contribution < 1.29 is 23.5 Å². The van der Waals surface area contributed by atoms with Gasteiger partial charge in [-0.05, 0) is 6.92 Å². The van der Waals surface area contributed by atoms with Gasteiger partial charge >= 0.3 is 11.9 Å². The van der Waals surface area contributed by atoms with E-state index in [0.717, 1.165) is 0 Å². The van der Waals surface area contributed by atoms with Crippen molar-refractivity contribution in [3.8, 4) is 0 Å². The summed E-state index contributed by atoms with van der Waals surface area (Å²) in [5, 5.41) is 10.5. The molecule has 0 aliphatic heterocycles. The molecule has 7 heteroatoms. The fraction of sp³-hybridized carbons (Fsp3) is 0.714. The number of aliphatic carboxylic acids is 1. The average Bonchev–Trinajstić information content (AvgIpc) is 2.04. The summed E-state index contributed by atoms with van der Waals surface area (Å²) in [4.78, 5) is 20.7. The maximum absolute atomic E-state index is 12.4. The van der Waals surface area contributed by atoms with E-state index in [1.165, 1.54) is 0 Å². The van der Waals surface area contributed by atoms with E-state index >= 15 is 0 Å². The first-order chi connectivity index (χ1) is 6.40. The van der Waals surface area contributed by atoms with Crippen LogP contribution < -0.4 is 5.32 Å². The van der Waals surface area contributed by atoms with Crippen molar-refractivity contribution in [3.63, 3.8) is 0 Å². The number of nitrogens with one attached hydrogen (secondary N) is 1. The summed E-state index contributed by atoms with van der Waals surface area (Å²) in [6.07, 6.45) is 0. The number of thioether (sulfide) groups is 1. The number of alkyl halides is 2. The van der Waals surface area contributed by atoms with Crippen molar-refractivity contribution >= 4 is 23.6 Å². The lowest BCUT2D eigenvalue weighted by Crippen LogP contribution is -2.32. The van der Waals surface area contributed by atoms with Crippen molar-refractivity contribution in [2.45, 2.75) is 12.8 Å². The summed E-state index contributed by atoms with van der Waals surface area (Å²) in [5.41, 5.74) is 0. The van der Waals surface area contributed by atoms with Gasteiger partial charge in [0.15, 0.2) is 0 Å². The van der Waals surface area contributed by atoms with Gasteiger partial charge in [0.2, 0.25) is 5.91 Å². The second-order valence-corrected chi connectivity index (χ2v) is 3.44. The van der Waals surface area contributed by atoms with E-state index in [-0.39, 0.29) is 11.7 Å². The van der Waals surface area contributed by atoms with E-state index in [0.29, 0.717) is 18.3 Å². The molecule has 0 bridgehead atoms. The number of carboxylic acid groups (broad SMARTS) is 1. The Morgan fingerprint density at radius 2 is 2.07 bits per heavy atom. The largest absolute Gasteiger partial charge is 0.477 e. The van der Waals surface area contributed by atoms with E-state index in [4.69, 9.17) is 5.11 Å². The average molecular weight is 227 g/mol. The zero-order valence-electron chi connectivity index (χ0n) is 7.55. The molecule has 0 aliphatic carbocycles. The molecule has 0 fully saturated rings. The standard InChI is InChI=1S/C7H11F2NO3S/c1-2-10-5(11)3-14-4-7(8,9)6(12)13/h2-4H2,1H3,(H,10,11)(H,12,13). The Balaban J connectivity index is 3.74. The van der Waals surface area contributed by atoms with Crippen LogP contribution in [-0.2, 0) is 9.59 Å². The third-order valence-corrected chi connectivity index (χ3v) is 2.24. The Hall–Kier alpha value is -0.850. The molecule has 2 N–H and O–H groups in total. The van der Waals surface area contributed by atoms with Crippen LogP contribution in [0.5, 0.6) is 0 Å². The third-order valence-electron chi connectivity index (χ3n) is 1.20. The molecular formula is C7H11F2NO3S. The maximum atomic E-state index is 12.4. The lowest BCUT2D eigenvalue weighted by Gasteiger charge is -2.09. The molecule has 0 rings (SSSR count). The lowest BCUT2D eigenvalue weighted by atomic mass is 10.4. The molecule has 14 heavy (non-hydrogen) atoms. The molecule has 0 radical (unpaired) electrons. The van der Waals surface area contributed by atoms with Gasteiger partial charge in [-0.1, -0.05) is 0 Å². The predicted octanol–water partition coefficient (Wildman–Crippen LogP) is 0.576. The number of hydrogen-bond donors (Lipinski definition) is 2. The van der Waals surface area contributed by atoms with Crippen molar-refractivity contribution in [2.24, 2.45) is 0 Å². The fourth-order valence-electron chi connectivity index (χ4n) is 0.582. The molecule has 4 nitrogen and oxygen atoms in total. The Labute approximate surface area is 84.1 Å². The number of hydrogen-bond acceptors (Lipinski definition) is 3. The molecule has 0 saturated heterocycles. The Morgan fingerprint density at radius 3 is 2.50 bits per heavy atom. The number of halogens is 2. The highest BCUT2D eigenvalue weighted by atomic mass is 32.2. The van der Waals surface area contributed by atoms with Crippen molar-refractivity contribution in [1.82, 2.24) is 5.32 Å². The summed E-state index contributed by atoms with van der Waals surface area (Å²) >= 11 is 0.594. The third kappa shape index (κ3) is 5.00. The van der Waals surface area contributed by atoms with Crippen LogP contribution >= 0.6 is 11.8 Å². The molecule has 0 aromatic carbocycles. The van der Waals surface area contributed by atoms with Crippen LogP contribution in [0.2, 0.25) is 0 Å². The normalized spacial score (nSPS) is 11.1. The summed E-state index contributed by atoms with van der Waals surface area (Å²) in [6, 6.07) is 0. The van der Waals surface area contributed by atoms with E-state index in [1.54, 1.807) is 6.92 Å². The predicted molar refractivity (Wildman–Crippen MR) is 48.6 cm³/mol. The van der Waals surface area contributed by atoms with Crippen molar-refractivity contribution in [2.75, 3.05) is 18.1 Å².